The lowest BCUT2D eigenvalue weighted by atomic mass is 9.82. The molecular weight excluding hydrogens is 268 g/mol. The molecule has 2 rings (SSSR count). The molecule has 0 radical (unpaired) electrons. The molecule has 0 atom stereocenters. The van der Waals surface area contributed by atoms with Gasteiger partial charge in [-0.1, -0.05) is 0 Å². The summed E-state index contributed by atoms with van der Waals surface area (Å²) in [5, 5.41) is 3.19. The third-order valence-electron chi connectivity index (χ3n) is 2.97. The van der Waals surface area contributed by atoms with Crippen molar-refractivity contribution in [3.8, 4) is 5.88 Å². The van der Waals surface area contributed by atoms with Crippen LogP contribution in [0.2, 0.25) is 0 Å². The van der Waals surface area contributed by atoms with E-state index in [0.717, 1.165) is 41.4 Å². The van der Waals surface area contributed by atoms with Gasteiger partial charge in [0.1, 0.15) is 6.10 Å². The van der Waals surface area contributed by atoms with Gasteiger partial charge in [-0.2, -0.15) is 0 Å². The second-order valence-electron chi connectivity index (χ2n) is 4.35. The van der Waals surface area contributed by atoms with Gasteiger partial charge in [-0.15, -0.1) is 0 Å². The van der Waals surface area contributed by atoms with Gasteiger partial charge in [-0.25, -0.2) is 4.98 Å². The summed E-state index contributed by atoms with van der Waals surface area (Å²) in [6, 6.07) is 3.91. The second-order valence-corrected chi connectivity index (χ2v) is 5.21. The summed E-state index contributed by atoms with van der Waals surface area (Å²) in [6.07, 6.45) is 2.63. The van der Waals surface area contributed by atoms with Gasteiger partial charge in [0.25, 0.3) is 0 Å². The van der Waals surface area contributed by atoms with Gasteiger partial charge in [0, 0.05) is 10.5 Å². The molecule has 0 spiro atoms. The highest BCUT2D eigenvalue weighted by Gasteiger charge is 2.30. The van der Waals surface area contributed by atoms with Crippen molar-refractivity contribution in [3.05, 3.63) is 22.3 Å². The zero-order chi connectivity index (χ0) is 11.5. The fourth-order valence-electron chi connectivity index (χ4n) is 1.98. The fraction of sp³-hybridized carbons (Fsp3) is 0.583. The molecule has 88 valence electrons. The third kappa shape index (κ3) is 2.74. The van der Waals surface area contributed by atoms with Crippen molar-refractivity contribution in [1.29, 1.82) is 0 Å². The van der Waals surface area contributed by atoms with Gasteiger partial charge in [0.05, 0.1) is 5.69 Å². The maximum atomic E-state index is 5.80. The first-order valence-corrected chi connectivity index (χ1v) is 6.42. The maximum absolute atomic E-state index is 5.80. The number of rotatable bonds is 4. The van der Waals surface area contributed by atoms with Crippen LogP contribution in [0.5, 0.6) is 5.88 Å². The number of aryl methyl sites for hydroxylation is 1. The van der Waals surface area contributed by atoms with Crippen molar-refractivity contribution in [2.75, 3.05) is 13.6 Å². The summed E-state index contributed by atoms with van der Waals surface area (Å²) in [5.74, 6) is 1.51. The van der Waals surface area contributed by atoms with Gasteiger partial charge in [0.2, 0.25) is 5.88 Å². The van der Waals surface area contributed by atoms with Crippen LogP contribution in [0.1, 0.15) is 18.5 Å². The Balaban J connectivity index is 1.84. The highest BCUT2D eigenvalue weighted by Crippen LogP contribution is 2.30. The molecular formula is C12H17BrN2O. The lowest BCUT2D eigenvalue weighted by molar-refractivity contribution is 0.0615. The number of halogens is 1. The van der Waals surface area contributed by atoms with Crippen LogP contribution in [0.3, 0.4) is 0 Å². The third-order valence-corrected chi connectivity index (χ3v) is 3.81. The van der Waals surface area contributed by atoms with E-state index in [0.29, 0.717) is 6.10 Å². The van der Waals surface area contributed by atoms with Gasteiger partial charge in [-0.05, 0) is 61.3 Å². The zero-order valence-corrected chi connectivity index (χ0v) is 11.3. The Hall–Kier alpha value is -0.610. The summed E-state index contributed by atoms with van der Waals surface area (Å²) in [4.78, 5) is 4.38. The Morgan fingerprint density at radius 2 is 2.25 bits per heavy atom. The predicted molar refractivity (Wildman–Crippen MR) is 67.7 cm³/mol. The topological polar surface area (TPSA) is 34.1 Å². The Morgan fingerprint density at radius 3 is 2.88 bits per heavy atom. The van der Waals surface area contributed by atoms with Crippen LogP contribution in [0.15, 0.2) is 16.6 Å². The smallest absolute Gasteiger partial charge is 0.213 e. The maximum Gasteiger partial charge on any atom is 0.213 e. The number of ether oxygens (including phenoxy) is 1. The van der Waals surface area contributed by atoms with Crippen LogP contribution < -0.4 is 10.1 Å². The molecule has 0 aliphatic heterocycles. The summed E-state index contributed by atoms with van der Waals surface area (Å²) in [5.41, 5.74) is 0.976. The summed E-state index contributed by atoms with van der Waals surface area (Å²) < 4.78 is 6.83. The van der Waals surface area contributed by atoms with Crippen LogP contribution in [0.4, 0.5) is 0 Å². The van der Waals surface area contributed by atoms with E-state index in [1.165, 1.54) is 0 Å². The average Bonchev–Trinajstić information content (AvgIpc) is 2.20. The SMILES string of the molecule is CNCC1CC(Oc2ccc(Br)c(C)n2)C1. The number of nitrogens with zero attached hydrogens (tertiary/aromatic N) is 1. The molecule has 0 aromatic carbocycles. The lowest BCUT2D eigenvalue weighted by Gasteiger charge is -2.34. The van der Waals surface area contributed by atoms with Gasteiger partial charge >= 0.3 is 0 Å². The number of pyridine rings is 1. The number of nitrogens with one attached hydrogen (secondary N) is 1. The molecule has 1 aliphatic carbocycles. The molecule has 0 unspecified atom stereocenters. The molecule has 3 nitrogen and oxygen atoms in total. The minimum Gasteiger partial charge on any atom is -0.474 e. The van der Waals surface area contributed by atoms with Crippen molar-refractivity contribution in [3.63, 3.8) is 0 Å². The average molecular weight is 285 g/mol. The van der Waals surface area contributed by atoms with Crippen LogP contribution in [0.25, 0.3) is 0 Å². The predicted octanol–water partition coefficient (Wildman–Crippen LogP) is 2.53. The molecule has 0 bridgehead atoms. The Kier molecular flexibility index (Phi) is 3.82. The normalized spacial score (nSPS) is 23.9. The molecule has 1 N–H and O–H groups in total. The van der Waals surface area contributed by atoms with E-state index >= 15 is 0 Å². The van der Waals surface area contributed by atoms with Crippen molar-refractivity contribution >= 4 is 15.9 Å². The monoisotopic (exact) mass is 284 g/mol. The van der Waals surface area contributed by atoms with Crippen LogP contribution in [-0.4, -0.2) is 24.7 Å². The number of aromatic nitrogens is 1. The largest absolute Gasteiger partial charge is 0.474 e. The van der Waals surface area contributed by atoms with Gasteiger partial charge in [-0.3, -0.25) is 0 Å². The molecule has 1 aromatic rings. The quantitative estimate of drug-likeness (QED) is 0.923. The molecule has 16 heavy (non-hydrogen) atoms. The number of hydrogen-bond acceptors (Lipinski definition) is 3. The molecule has 4 heteroatoms. The minimum absolute atomic E-state index is 0.353. The summed E-state index contributed by atoms with van der Waals surface area (Å²) in [7, 11) is 1.99. The standard InChI is InChI=1S/C12H17BrN2O/c1-8-11(13)3-4-12(15-8)16-10-5-9(6-10)7-14-2/h3-4,9-10,14H,5-7H2,1-2H3. The molecule has 0 amide bonds. The fourth-order valence-corrected chi connectivity index (χ4v) is 2.20. The molecule has 1 heterocycles. The summed E-state index contributed by atoms with van der Waals surface area (Å²) >= 11 is 3.43. The Morgan fingerprint density at radius 1 is 1.50 bits per heavy atom. The first-order chi connectivity index (χ1) is 7.69. The second kappa shape index (κ2) is 5.15. The molecule has 0 saturated heterocycles. The van der Waals surface area contributed by atoms with Crippen LogP contribution in [-0.2, 0) is 0 Å². The van der Waals surface area contributed by atoms with Crippen molar-refractivity contribution < 1.29 is 4.74 Å². The first-order valence-electron chi connectivity index (χ1n) is 5.63. The van der Waals surface area contributed by atoms with E-state index in [1.54, 1.807) is 0 Å². The summed E-state index contributed by atoms with van der Waals surface area (Å²) in [6.45, 7) is 3.06. The van der Waals surface area contributed by atoms with Crippen molar-refractivity contribution in [2.24, 2.45) is 5.92 Å². The molecule has 1 aliphatic rings. The van der Waals surface area contributed by atoms with Crippen molar-refractivity contribution in [2.45, 2.75) is 25.9 Å². The van der Waals surface area contributed by atoms with E-state index in [4.69, 9.17) is 4.74 Å². The van der Waals surface area contributed by atoms with E-state index < -0.39 is 0 Å². The van der Waals surface area contributed by atoms with Gasteiger partial charge < -0.3 is 10.1 Å². The van der Waals surface area contributed by atoms with E-state index in [2.05, 4.69) is 26.2 Å². The highest BCUT2D eigenvalue weighted by atomic mass is 79.9. The van der Waals surface area contributed by atoms with Crippen LogP contribution >= 0.6 is 15.9 Å². The Labute approximate surface area is 105 Å². The lowest BCUT2D eigenvalue weighted by Crippen LogP contribution is -2.38. The van der Waals surface area contributed by atoms with E-state index in [-0.39, 0.29) is 0 Å². The number of hydrogen-bond donors (Lipinski definition) is 1. The van der Waals surface area contributed by atoms with Crippen LogP contribution in [0, 0.1) is 12.8 Å². The molecule has 1 aromatic heterocycles. The van der Waals surface area contributed by atoms with Gasteiger partial charge in [0.15, 0.2) is 0 Å². The minimum atomic E-state index is 0.353. The van der Waals surface area contributed by atoms with E-state index in [1.807, 2.05) is 26.1 Å². The first kappa shape index (κ1) is 11.9. The molecule has 1 fully saturated rings. The highest BCUT2D eigenvalue weighted by molar-refractivity contribution is 9.10. The van der Waals surface area contributed by atoms with E-state index in [9.17, 15) is 0 Å². The zero-order valence-electron chi connectivity index (χ0n) is 9.66. The Bertz CT molecular complexity index is 364. The van der Waals surface area contributed by atoms with Crippen molar-refractivity contribution in [1.82, 2.24) is 10.3 Å². The molecule has 1 saturated carbocycles.